The first-order valence-corrected chi connectivity index (χ1v) is 6.28. The lowest BCUT2D eigenvalue weighted by atomic mass is 9.99. The zero-order valence-electron chi connectivity index (χ0n) is 8.41. The van der Waals surface area contributed by atoms with E-state index >= 15 is 0 Å². The van der Waals surface area contributed by atoms with E-state index in [-0.39, 0.29) is 6.04 Å². The maximum absolute atomic E-state index is 5.90. The van der Waals surface area contributed by atoms with Crippen LogP contribution in [0.4, 0.5) is 0 Å². The zero-order chi connectivity index (χ0) is 10.7. The average molecular weight is 247 g/mol. The summed E-state index contributed by atoms with van der Waals surface area (Å²) >= 11 is 7.49. The third kappa shape index (κ3) is 2.92. The van der Waals surface area contributed by atoms with Crippen molar-refractivity contribution in [2.75, 3.05) is 13.2 Å². The van der Waals surface area contributed by atoms with Crippen molar-refractivity contribution in [1.82, 2.24) is 5.43 Å². The van der Waals surface area contributed by atoms with Crippen LogP contribution in [0.5, 0.6) is 0 Å². The number of halogens is 1. The van der Waals surface area contributed by atoms with E-state index in [2.05, 4.69) is 5.43 Å². The van der Waals surface area contributed by atoms with Crippen molar-refractivity contribution in [2.45, 2.75) is 18.9 Å². The van der Waals surface area contributed by atoms with Gasteiger partial charge in [0, 0.05) is 18.1 Å². The van der Waals surface area contributed by atoms with Gasteiger partial charge in [-0.05, 0) is 30.9 Å². The van der Waals surface area contributed by atoms with Gasteiger partial charge in [-0.3, -0.25) is 11.3 Å². The lowest BCUT2D eigenvalue weighted by Gasteiger charge is -2.17. The Morgan fingerprint density at radius 2 is 2.53 bits per heavy atom. The van der Waals surface area contributed by atoms with Crippen molar-refractivity contribution in [3.63, 3.8) is 0 Å². The highest BCUT2D eigenvalue weighted by molar-refractivity contribution is 7.16. The van der Waals surface area contributed by atoms with E-state index in [1.807, 2.05) is 12.1 Å². The number of hydrazine groups is 1. The third-order valence-corrected chi connectivity index (χ3v) is 4.08. The van der Waals surface area contributed by atoms with Crippen LogP contribution in [0.3, 0.4) is 0 Å². The molecule has 0 bridgehead atoms. The molecule has 1 aromatic heterocycles. The van der Waals surface area contributed by atoms with Gasteiger partial charge in [0.15, 0.2) is 0 Å². The molecular formula is C10H15ClN2OS. The first-order chi connectivity index (χ1) is 7.29. The van der Waals surface area contributed by atoms with Gasteiger partial charge in [-0.15, -0.1) is 11.3 Å². The van der Waals surface area contributed by atoms with Crippen molar-refractivity contribution < 1.29 is 4.74 Å². The van der Waals surface area contributed by atoms with Gasteiger partial charge in [-0.1, -0.05) is 11.6 Å². The molecule has 0 spiro atoms. The second-order valence-electron chi connectivity index (χ2n) is 3.83. The smallest absolute Gasteiger partial charge is 0.0931 e. The normalized spacial score (nSPS) is 23.2. The summed E-state index contributed by atoms with van der Waals surface area (Å²) in [7, 11) is 0. The highest BCUT2D eigenvalue weighted by atomic mass is 35.5. The van der Waals surface area contributed by atoms with Crippen LogP contribution in [0.25, 0.3) is 0 Å². The minimum absolute atomic E-state index is 0.203. The van der Waals surface area contributed by atoms with Crippen LogP contribution in [-0.4, -0.2) is 13.2 Å². The summed E-state index contributed by atoms with van der Waals surface area (Å²) in [5.74, 6) is 6.18. The summed E-state index contributed by atoms with van der Waals surface area (Å²) in [4.78, 5) is 1.20. The fraction of sp³-hybridized carbons (Fsp3) is 0.600. The quantitative estimate of drug-likeness (QED) is 0.633. The van der Waals surface area contributed by atoms with Gasteiger partial charge >= 0.3 is 0 Å². The number of thiophene rings is 1. The average Bonchev–Trinajstić information content (AvgIpc) is 2.85. The lowest BCUT2D eigenvalue weighted by molar-refractivity contribution is 0.181. The monoisotopic (exact) mass is 246 g/mol. The highest BCUT2D eigenvalue weighted by Gasteiger charge is 2.22. The van der Waals surface area contributed by atoms with E-state index in [1.54, 1.807) is 11.3 Å². The molecule has 1 aliphatic heterocycles. The van der Waals surface area contributed by atoms with E-state index in [1.165, 1.54) is 4.88 Å². The Bertz CT molecular complexity index is 312. The predicted molar refractivity (Wildman–Crippen MR) is 62.9 cm³/mol. The SMILES string of the molecule is NNC(CC1CCOC1)c1ccc(Cl)s1. The topological polar surface area (TPSA) is 47.3 Å². The van der Waals surface area contributed by atoms with Crippen molar-refractivity contribution in [1.29, 1.82) is 0 Å². The standard InChI is InChI=1S/C10H15ClN2OS/c11-10-2-1-9(15-10)8(13-12)5-7-3-4-14-6-7/h1-2,7-8,13H,3-6,12H2. The summed E-state index contributed by atoms with van der Waals surface area (Å²) < 4.78 is 6.17. The first kappa shape index (κ1) is 11.4. The molecule has 0 aliphatic carbocycles. The Hall–Kier alpha value is -0.130. The molecule has 1 fully saturated rings. The molecule has 0 aromatic carbocycles. The molecule has 0 saturated carbocycles. The minimum atomic E-state index is 0.203. The Kier molecular flexibility index (Phi) is 3.99. The van der Waals surface area contributed by atoms with Gasteiger partial charge in [-0.25, -0.2) is 0 Å². The van der Waals surface area contributed by atoms with E-state index in [0.29, 0.717) is 5.92 Å². The lowest BCUT2D eigenvalue weighted by Crippen LogP contribution is -2.29. The Balaban J connectivity index is 1.97. The molecule has 2 rings (SSSR count). The van der Waals surface area contributed by atoms with E-state index < -0.39 is 0 Å². The van der Waals surface area contributed by atoms with Crippen LogP contribution in [0.15, 0.2) is 12.1 Å². The fourth-order valence-electron chi connectivity index (χ4n) is 1.88. The van der Waals surface area contributed by atoms with Crippen LogP contribution in [0.2, 0.25) is 4.34 Å². The van der Waals surface area contributed by atoms with E-state index in [4.69, 9.17) is 22.2 Å². The number of nitrogens with one attached hydrogen (secondary N) is 1. The van der Waals surface area contributed by atoms with Crippen LogP contribution >= 0.6 is 22.9 Å². The molecule has 3 N–H and O–H groups in total. The van der Waals surface area contributed by atoms with Crippen LogP contribution in [0.1, 0.15) is 23.8 Å². The molecule has 2 heterocycles. The van der Waals surface area contributed by atoms with Gasteiger partial charge in [0.1, 0.15) is 0 Å². The van der Waals surface area contributed by atoms with Gasteiger partial charge in [0.25, 0.3) is 0 Å². The summed E-state index contributed by atoms with van der Waals surface area (Å²) in [5.41, 5.74) is 2.85. The maximum Gasteiger partial charge on any atom is 0.0931 e. The molecule has 2 unspecified atom stereocenters. The molecule has 5 heteroatoms. The molecule has 2 atom stereocenters. The molecule has 1 saturated heterocycles. The predicted octanol–water partition coefficient (Wildman–Crippen LogP) is 2.33. The zero-order valence-corrected chi connectivity index (χ0v) is 9.98. The van der Waals surface area contributed by atoms with Crippen molar-refractivity contribution in [2.24, 2.45) is 11.8 Å². The molecule has 0 amide bonds. The third-order valence-electron chi connectivity index (χ3n) is 2.73. The molecule has 1 aromatic rings. The number of ether oxygens (including phenoxy) is 1. The van der Waals surface area contributed by atoms with E-state index in [0.717, 1.165) is 30.4 Å². The Morgan fingerprint density at radius 3 is 3.07 bits per heavy atom. The molecule has 0 radical (unpaired) electrons. The largest absolute Gasteiger partial charge is 0.381 e. The van der Waals surface area contributed by atoms with Gasteiger partial charge in [-0.2, -0.15) is 0 Å². The van der Waals surface area contributed by atoms with Crippen LogP contribution in [-0.2, 0) is 4.74 Å². The molecule has 15 heavy (non-hydrogen) atoms. The summed E-state index contributed by atoms with van der Waals surface area (Å²) in [6, 6.07) is 4.15. The summed E-state index contributed by atoms with van der Waals surface area (Å²) in [6.45, 7) is 1.74. The maximum atomic E-state index is 5.90. The Morgan fingerprint density at radius 1 is 1.67 bits per heavy atom. The Labute approximate surface area is 98.5 Å². The molecular weight excluding hydrogens is 232 g/mol. The van der Waals surface area contributed by atoms with Crippen molar-refractivity contribution in [3.05, 3.63) is 21.3 Å². The van der Waals surface area contributed by atoms with Crippen molar-refractivity contribution >= 4 is 22.9 Å². The fourth-order valence-corrected chi connectivity index (χ4v) is 3.02. The highest BCUT2D eigenvalue weighted by Crippen LogP contribution is 2.32. The molecule has 3 nitrogen and oxygen atoms in total. The van der Waals surface area contributed by atoms with E-state index in [9.17, 15) is 0 Å². The second kappa shape index (κ2) is 5.27. The van der Waals surface area contributed by atoms with Gasteiger partial charge in [0.05, 0.1) is 10.4 Å². The summed E-state index contributed by atoms with van der Waals surface area (Å²) in [6.07, 6.45) is 2.16. The minimum Gasteiger partial charge on any atom is -0.381 e. The number of hydrogen-bond acceptors (Lipinski definition) is 4. The van der Waals surface area contributed by atoms with Gasteiger partial charge in [0.2, 0.25) is 0 Å². The second-order valence-corrected chi connectivity index (χ2v) is 5.57. The molecule has 84 valence electrons. The number of hydrogen-bond donors (Lipinski definition) is 2. The van der Waals surface area contributed by atoms with Crippen molar-refractivity contribution in [3.8, 4) is 0 Å². The van der Waals surface area contributed by atoms with Crippen LogP contribution < -0.4 is 11.3 Å². The number of nitrogens with two attached hydrogens (primary N) is 1. The number of rotatable bonds is 4. The van der Waals surface area contributed by atoms with Gasteiger partial charge < -0.3 is 4.74 Å². The first-order valence-electron chi connectivity index (χ1n) is 5.08. The summed E-state index contributed by atoms with van der Waals surface area (Å²) in [5, 5.41) is 0. The molecule has 1 aliphatic rings. The van der Waals surface area contributed by atoms with Crippen LogP contribution in [0, 0.1) is 5.92 Å².